The van der Waals surface area contributed by atoms with Gasteiger partial charge in [-0.25, -0.2) is 14.2 Å². The smallest absolute Gasteiger partial charge is 0.338 e. The van der Waals surface area contributed by atoms with Crippen LogP contribution in [-0.2, 0) is 16.1 Å². The molecule has 3 aliphatic rings. The highest BCUT2D eigenvalue weighted by molar-refractivity contribution is 6.31. The average molecular weight is 650 g/mol. The SMILES string of the molecule is CCOC(=O)c1ccc2c(nc3n2CC[C@H]2[C@@H]3[C@H](c3cccc(Cl)c3F)[C@](C)(C(=O)Nc3cccc(Cl)c3)N2CC2CC2)c1C. The molecule has 45 heavy (non-hydrogen) atoms. The highest BCUT2D eigenvalue weighted by Crippen LogP contribution is 2.58. The predicted octanol–water partition coefficient (Wildman–Crippen LogP) is 7.73. The Morgan fingerprint density at radius 1 is 1.11 bits per heavy atom. The van der Waals surface area contributed by atoms with Crippen molar-refractivity contribution in [2.75, 3.05) is 18.5 Å². The minimum atomic E-state index is -1.15. The number of hydrogen-bond donors (Lipinski definition) is 1. The first-order valence-electron chi connectivity index (χ1n) is 15.6. The van der Waals surface area contributed by atoms with Crippen molar-refractivity contribution in [2.45, 2.75) is 70.0 Å². The van der Waals surface area contributed by atoms with Gasteiger partial charge in [0.15, 0.2) is 0 Å². The minimum absolute atomic E-state index is 0.0153. The molecule has 0 spiro atoms. The van der Waals surface area contributed by atoms with Gasteiger partial charge in [-0.15, -0.1) is 0 Å². The summed E-state index contributed by atoms with van der Waals surface area (Å²) in [5.41, 5.74) is 2.66. The van der Waals surface area contributed by atoms with Crippen LogP contribution < -0.4 is 5.32 Å². The molecule has 7 nitrogen and oxygen atoms in total. The van der Waals surface area contributed by atoms with E-state index in [1.807, 2.05) is 19.9 Å². The zero-order valence-corrected chi connectivity index (χ0v) is 27.0. The molecular formula is C35H35Cl2FN4O3. The normalized spacial score (nSPS) is 24.4. The van der Waals surface area contributed by atoms with Gasteiger partial charge in [0, 0.05) is 41.7 Å². The molecule has 0 bridgehead atoms. The number of anilines is 1. The maximum Gasteiger partial charge on any atom is 0.338 e. The molecule has 3 aromatic carbocycles. The number of esters is 1. The fourth-order valence-corrected chi connectivity index (χ4v) is 8.10. The van der Waals surface area contributed by atoms with E-state index >= 15 is 4.39 Å². The van der Waals surface area contributed by atoms with E-state index in [1.54, 1.807) is 49.4 Å². The first-order valence-corrected chi connectivity index (χ1v) is 16.3. The quantitative estimate of drug-likeness (QED) is 0.208. The highest BCUT2D eigenvalue weighted by atomic mass is 35.5. The van der Waals surface area contributed by atoms with Crippen LogP contribution in [0, 0.1) is 18.7 Å². The molecule has 1 amide bonds. The molecule has 234 valence electrons. The van der Waals surface area contributed by atoms with E-state index in [-0.39, 0.29) is 35.5 Å². The van der Waals surface area contributed by atoms with Crippen molar-refractivity contribution in [3.05, 3.63) is 93.0 Å². The highest BCUT2D eigenvalue weighted by Gasteiger charge is 2.63. The summed E-state index contributed by atoms with van der Waals surface area (Å²) in [4.78, 5) is 34.9. The summed E-state index contributed by atoms with van der Waals surface area (Å²) < 4.78 is 23.7. The van der Waals surface area contributed by atoms with Crippen molar-refractivity contribution >= 4 is 51.8 Å². The second kappa shape index (κ2) is 11.4. The number of likely N-dealkylation sites (tertiary alicyclic amines) is 1. The maximum atomic E-state index is 16.2. The fourth-order valence-electron chi connectivity index (χ4n) is 7.73. The number of aromatic nitrogens is 2. The van der Waals surface area contributed by atoms with E-state index in [4.69, 9.17) is 32.9 Å². The van der Waals surface area contributed by atoms with Crippen LogP contribution in [0.3, 0.4) is 0 Å². The van der Waals surface area contributed by atoms with Gasteiger partial charge in [-0.3, -0.25) is 9.69 Å². The van der Waals surface area contributed by atoms with Gasteiger partial charge in [0.2, 0.25) is 5.91 Å². The molecule has 1 saturated carbocycles. The summed E-state index contributed by atoms with van der Waals surface area (Å²) in [6.07, 6.45) is 2.96. The van der Waals surface area contributed by atoms with E-state index in [1.165, 1.54) is 6.07 Å². The van der Waals surface area contributed by atoms with Gasteiger partial charge in [0.05, 0.1) is 28.2 Å². The van der Waals surface area contributed by atoms with Crippen LogP contribution in [-0.4, -0.2) is 51.1 Å². The number of rotatable bonds is 7. The lowest BCUT2D eigenvalue weighted by atomic mass is 9.73. The number of nitrogens with one attached hydrogen (secondary N) is 1. The van der Waals surface area contributed by atoms with E-state index in [0.29, 0.717) is 39.8 Å². The number of hydrogen-bond acceptors (Lipinski definition) is 5. The molecular weight excluding hydrogens is 614 g/mol. The number of amides is 1. The van der Waals surface area contributed by atoms with E-state index in [0.717, 1.165) is 42.7 Å². The van der Waals surface area contributed by atoms with Gasteiger partial charge in [-0.05, 0) is 93.5 Å². The fraction of sp³-hybridized carbons (Fsp3) is 0.400. The number of aryl methyl sites for hydroxylation is 2. The predicted molar refractivity (Wildman–Crippen MR) is 174 cm³/mol. The minimum Gasteiger partial charge on any atom is -0.462 e. The third-order valence-electron chi connectivity index (χ3n) is 10.0. The van der Waals surface area contributed by atoms with Crippen LogP contribution in [0.5, 0.6) is 0 Å². The van der Waals surface area contributed by atoms with Crippen LogP contribution in [0.15, 0.2) is 54.6 Å². The molecule has 2 fully saturated rings. The third kappa shape index (κ3) is 4.93. The zero-order chi connectivity index (χ0) is 31.6. The number of fused-ring (bicyclic) bond motifs is 5. The van der Waals surface area contributed by atoms with Crippen molar-refractivity contribution in [1.82, 2.24) is 14.5 Å². The van der Waals surface area contributed by atoms with Crippen molar-refractivity contribution in [3.8, 4) is 0 Å². The molecule has 2 aliphatic heterocycles. The molecule has 3 heterocycles. The van der Waals surface area contributed by atoms with Crippen LogP contribution in [0.25, 0.3) is 11.0 Å². The van der Waals surface area contributed by atoms with E-state index < -0.39 is 17.3 Å². The summed E-state index contributed by atoms with van der Waals surface area (Å²) in [6, 6.07) is 15.7. The Bertz CT molecular complexity index is 1840. The van der Waals surface area contributed by atoms with Gasteiger partial charge >= 0.3 is 5.97 Å². The molecule has 10 heteroatoms. The third-order valence-corrected chi connectivity index (χ3v) is 10.6. The second-order valence-corrected chi connectivity index (χ2v) is 13.5. The van der Waals surface area contributed by atoms with Crippen molar-refractivity contribution < 1.29 is 18.7 Å². The Balaban J connectivity index is 1.43. The Labute approximate surface area is 271 Å². The standard InChI is InChI=1S/C35H35Cl2FN4O3/c1-4-45-33(43)23-13-14-27-31(19(23)2)40-32-28-26(15-16-41(27)32)42(18-20-11-12-20)35(3,29(28)24-9-6-10-25(37)30(24)38)34(44)39-22-8-5-7-21(36)17-22/h5-10,13-14,17,20,26,28-29H,4,11-12,15-16,18H2,1-3H3,(H,39,44)/t26-,28+,29-,35+/m0/s1. The van der Waals surface area contributed by atoms with Crippen molar-refractivity contribution in [2.24, 2.45) is 5.92 Å². The van der Waals surface area contributed by atoms with Crippen molar-refractivity contribution in [1.29, 1.82) is 0 Å². The number of carbonyl (C=O) groups excluding carboxylic acids is 2. The molecule has 1 aliphatic carbocycles. The molecule has 4 aromatic rings. The average Bonchev–Trinajstić information content (AvgIpc) is 3.70. The number of benzene rings is 3. The van der Waals surface area contributed by atoms with Crippen LogP contribution in [0.2, 0.25) is 10.0 Å². The second-order valence-electron chi connectivity index (χ2n) is 12.7. The van der Waals surface area contributed by atoms with E-state index in [2.05, 4.69) is 14.8 Å². The Morgan fingerprint density at radius 2 is 1.89 bits per heavy atom. The largest absolute Gasteiger partial charge is 0.462 e. The molecule has 0 unspecified atom stereocenters. The van der Waals surface area contributed by atoms with Crippen LogP contribution >= 0.6 is 23.2 Å². The van der Waals surface area contributed by atoms with Gasteiger partial charge in [0.1, 0.15) is 17.2 Å². The van der Waals surface area contributed by atoms with Crippen LogP contribution in [0.4, 0.5) is 10.1 Å². The van der Waals surface area contributed by atoms with Gasteiger partial charge < -0.3 is 14.6 Å². The lowest BCUT2D eigenvalue weighted by Crippen LogP contribution is -2.56. The lowest BCUT2D eigenvalue weighted by Gasteiger charge is -2.40. The van der Waals surface area contributed by atoms with E-state index in [9.17, 15) is 9.59 Å². The summed E-state index contributed by atoms with van der Waals surface area (Å²) in [7, 11) is 0. The van der Waals surface area contributed by atoms with Crippen LogP contribution in [0.1, 0.15) is 72.3 Å². The lowest BCUT2D eigenvalue weighted by molar-refractivity contribution is -0.127. The first kappa shape index (κ1) is 30.2. The summed E-state index contributed by atoms with van der Waals surface area (Å²) >= 11 is 12.7. The molecule has 1 saturated heterocycles. The molecule has 1 aromatic heterocycles. The topological polar surface area (TPSA) is 76.5 Å². The summed E-state index contributed by atoms with van der Waals surface area (Å²) in [5, 5.41) is 3.65. The van der Waals surface area contributed by atoms with Gasteiger partial charge in [0.25, 0.3) is 0 Å². The zero-order valence-electron chi connectivity index (χ0n) is 25.4. The monoisotopic (exact) mass is 648 g/mol. The first-order chi connectivity index (χ1) is 21.6. The van der Waals surface area contributed by atoms with Gasteiger partial charge in [-0.2, -0.15) is 0 Å². The molecule has 4 atom stereocenters. The molecule has 7 rings (SSSR count). The molecule has 0 radical (unpaired) electrons. The number of nitrogens with zero attached hydrogens (tertiary/aromatic N) is 3. The number of halogens is 3. The summed E-state index contributed by atoms with van der Waals surface area (Å²) in [5.74, 6) is -0.809. The number of ether oxygens (including phenoxy) is 1. The van der Waals surface area contributed by atoms with Crippen molar-refractivity contribution in [3.63, 3.8) is 0 Å². The Hall–Kier alpha value is -3.46. The maximum absolute atomic E-state index is 16.2. The number of imidazole rings is 1. The molecule has 1 N–H and O–H groups in total. The Kier molecular flexibility index (Phi) is 7.66. The Morgan fingerprint density at radius 3 is 2.62 bits per heavy atom. The summed E-state index contributed by atoms with van der Waals surface area (Å²) in [6.45, 7) is 7.29. The number of carbonyl (C=O) groups is 2. The van der Waals surface area contributed by atoms with Gasteiger partial charge in [-0.1, -0.05) is 41.4 Å².